The standard InChI is InChI=1S/C18H20N4O2/c19-10-11-3-1-4-13(11)18(23)20-12-6-7-14-15(9-12)22-17(21-14)16-5-2-8-24-16/h2,5-9,11,13H,1,3-4,10,19H2,(H,20,23)(H,21,22)/t11-,13-/m1/s1. The summed E-state index contributed by atoms with van der Waals surface area (Å²) in [4.78, 5) is 20.2. The van der Waals surface area contributed by atoms with Crippen LogP contribution < -0.4 is 11.1 Å². The molecule has 4 N–H and O–H groups in total. The second kappa shape index (κ2) is 6.13. The molecule has 24 heavy (non-hydrogen) atoms. The third-order valence-electron chi connectivity index (χ3n) is 4.80. The Hall–Kier alpha value is -2.60. The van der Waals surface area contributed by atoms with Crippen LogP contribution in [-0.2, 0) is 4.79 Å². The van der Waals surface area contributed by atoms with Gasteiger partial charge in [0.15, 0.2) is 11.6 Å². The Bertz CT molecular complexity index is 853. The number of hydrogen-bond acceptors (Lipinski definition) is 4. The van der Waals surface area contributed by atoms with Crippen LogP contribution in [0.5, 0.6) is 0 Å². The number of amides is 1. The molecule has 2 atom stereocenters. The minimum atomic E-state index is 0.0196. The van der Waals surface area contributed by atoms with Crippen molar-refractivity contribution in [2.45, 2.75) is 19.3 Å². The van der Waals surface area contributed by atoms with Gasteiger partial charge < -0.3 is 20.5 Å². The van der Waals surface area contributed by atoms with E-state index in [-0.39, 0.29) is 11.8 Å². The van der Waals surface area contributed by atoms with Gasteiger partial charge in [0, 0.05) is 11.6 Å². The number of imidazole rings is 1. The number of carbonyl (C=O) groups excluding carboxylic acids is 1. The molecule has 4 rings (SSSR count). The van der Waals surface area contributed by atoms with Gasteiger partial charge in [-0.3, -0.25) is 4.79 Å². The average Bonchev–Trinajstić information content (AvgIpc) is 3.32. The van der Waals surface area contributed by atoms with E-state index in [4.69, 9.17) is 10.2 Å². The normalized spacial score (nSPS) is 20.5. The van der Waals surface area contributed by atoms with Crippen LogP contribution in [0.25, 0.3) is 22.6 Å². The Morgan fingerprint density at radius 2 is 2.29 bits per heavy atom. The average molecular weight is 324 g/mol. The third kappa shape index (κ3) is 2.69. The molecule has 0 radical (unpaired) electrons. The Morgan fingerprint density at radius 3 is 3.08 bits per heavy atom. The van der Waals surface area contributed by atoms with Gasteiger partial charge in [-0.25, -0.2) is 4.98 Å². The van der Waals surface area contributed by atoms with Crippen molar-refractivity contribution < 1.29 is 9.21 Å². The number of nitrogens with two attached hydrogens (primary N) is 1. The number of aromatic nitrogens is 2. The predicted molar refractivity (Wildman–Crippen MR) is 92.3 cm³/mol. The van der Waals surface area contributed by atoms with Crippen LogP contribution >= 0.6 is 0 Å². The van der Waals surface area contributed by atoms with Crippen LogP contribution in [0.15, 0.2) is 41.0 Å². The van der Waals surface area contributed by atoms with E-state index < -0.39 is 0 Å². The van der Waals surface area contributed by atoms with E-state index in [0.29, 0.717) is 24.0 Å². The molecule has 0 aliphatic heterocycles. The van der Waals surface area contributed by atoms with Crippen LogP contribution in [0.4, 0.5) is 5.69 Å². The number of anilines is 1. The summed E-state index contributed by atoms with van der Waals surface area (Å²) in [5.41, 5.74) is 8.24. The second-order valence-corrected chi connectivity index (χ2v) is 6.32. The van der Waals surface area contributed by atoms with Crippen molar-refractivity contribution in [1.29, 1.82) is 0 Å². The Morgan fingerprint density at radius 1 is 1.38 bits per heavy atom. The van der Waals surface area contributed by atoms with Crippen molar-refractivity contribution in [3.8, 4) is 11.6 Å². The van der Waals surface area contributed by atoms with Crippen molar-refractivity contribution in [2.24, 2.45) is 17.6 Å². The Labute approximate surface area is 139 Å². The van der Waals surface area contributed by atoms with E-state index in [2.05, 4.69) is 15.3 Å². The molecule has 0 unspecified atom stereocenters. The first kappa shape index (κ1) is 15.0. The maximum atomic E-state index is 12.5. The monoisotopic (exact) mass is 324 g/mol. The zero-order valence-electron chi connectivity index (χ0n) is 13.3. The molecule has 2 heterocycles. The van der Waals surface area contributed by atoms with Crippen molar-refractivity contribution >= 4 is 22.6 Å². The molecule has 1 fully saturated rings. The lowest BCUT2D eigenvalue weighted by Gasteiger charge is -2.17. The van der Waals surface area contributed by atoms with Gasteiger partial charge >= 0.3 is 0 Å². The van der Waals surface area contributed by atoms with Crippen LogP contribution in [0.3, 0.4) is 0 Å². The topological polar surface area (TPSA) is 96.9 Å². The van der Waals surface area contributed by atoms with E-state index >= 15 is 0 Å². The number of nitrogens with zero attached hydrogens (tertiary/aromatic N) is 1. The second-order valence-electron chi connectivity index (χ2n) is 6.32. The summed E-state index contributed by atoms with van der Waals surface area (Å²) in [5, 5.41) is 3.02. The summed E-state index contributed by atoms with van der Waals surface area (Å²) in [5.74, 6) is 1.75. The molecule has 3 aromatic rings. The molecule has 1 aliphatic rings. The number of aromatic amines is 1. The molecule has 0 bridgehead atoms. The number of benzene rings is 1. The summed E-state index contributed by atoms with van der Waals surface area (Å²) < 4.78 is 5.36. The molecule has 6 heteroatoms. The van der Waals surface area contributed by atoms with Gasteiger partial charge in [-0.15, -0.1) is 0 Å². The largest absolute Gasteiger partial charge is 0.461 e. The van der Waals surface area contributed by atoms with Crippen LogP contribution in [0.1, 0.15) is 19.3 Å². The number of furan rings is 1. The van der Waals surface area contributed by atoms with Crippen molar-refractivity contribution in [1.82, 2.24) is 9.97 Å². The first-order valence-electron chi connectivity index (χ1n) is 8.29. The first-order valence-corrected chi connectivity index (χ1v) is 8.29. The van der Waals surface area contributed by atoms with Crippen LogP contribution in [0.2, 0.25) is 0 Å². The van der Waals surface area contributed by atoms with E-state index in [1.165, 1.54) is 0 Å². The highest BCUT2D eigenvalue weighted by atomic mass is 16.3. The third-order valence-corrected chi connectivity index (χ3v) is 4.80. The fraction of sp³-hybridized carbons (Fsp3) is 0.333. The maximum absolute atomic E-state index is 12.5. The van der Waals surface area contributed by atoms with E-state index in [9.17, 15) is 4.79 Å². The number of H-pyrrole nitrogens is 1. The molecule has 1 amide bonds. The summed E-state index contributed by atoms with van der Waals surface area (Å²) in [6.07, 6.45) is 4.65. The lowest BCUT2D eigenvalue weighted by atomic mass is 9.95. The van der Waals surface area contributed by atoms with Gasteiger partial charge in [0.25, 0.3) is 0 Å². The fourth-order valence-corrected chi connectivity index (χ4v) is 3.52. The molecular weight excluding hydrogens is 304 g/mol. The molecule has 2 aromatic heterocycles. The SMILES string of the molecule is NC[C@H]1CCC[C@H]1C(=O)Nc1ccc2nc(-c3ccco3)[nH]c2c1. The lowest BCUT2D eigenvalue weighted by molar-refractivity contribution is -0.120. The molecular formula is C18H20N4O2. The number of hydrogen-bond donors (Lipinski definition) is 3. The number of rotatable bonds is 4. The smallest absolute Gasteiger partial charge is 0.227 e. The van der Waals surface area contributed by atoms with Crippen molar-refractivity contribution in [3.05, 3.63) is 36.6 Å². The van der Waals surface area contributed by atoms with Gasteiger partial charge in [0.2, 0.25) is 5.91 Å². The molecule has 0 saturated heterocycles. The zero-order chi connectivity index (χ0) is 16.5. The quantitative estimate of drug-likeness (QED) is 0.687. The molecule has 1 saturated carbocycles. The molecule has 6 nitrogen and oxygen atoms in total. The number of nitrogens with one attached hydrogen (secondary N) is 2. The van der Waals surface area contributed by atoms with Crippen LogP contribution in [-0.4, -0.2) is 22.4 Å². The zero-order valence-corrected chi connectivity index (χ0v) is 13.3. The van der Waals surface area contributed by atoms with Crippen molar-refractivity contribution in [3.63, 3.8) is 0 Å². The summed E-state index contributed by atoms with van der Waals surface area (Å²) in [7, 11) is 0. The van der Waals surface area contributed by atoms with Gasteiger partial charge in [0.1, 0.15) is 0 Å². The fourth-order valence-electron chi connectivity index (χ4n) is 3.52. The number of carbonyl (C=O) groups is 1. The Balaban J connectivity index is 1.55. The highest BCUT2D eigenvalue weighted by Crippen LogP contribution is 2.32. The van der Waals surface area contributed by atoms with Crippen LogP contribution in [0, 0.1) is 11.8 Å². The summed E-state index contributed by atoms with van der Waals surface area (Å²) in [6, 6.07) is 9.35. The molecule has 1 aromatic carbocycles. The predicted octanol–water partition coefficient (Wildman–Crippen LogP) is 3.14. The summed E-state index contributed by atoms with van der Waals surface area (Å²) >= 11 is 0. The van der Waals surface area contributed by atoms with Gasteiger partial charge in [-0.05, 0) is 55.6 Å². The minimum Gasteiger partial charge on any atom is -0.461 e. The molecule has 1 aliphatic carbocycles. The van der Waals surface area contributed by atoms with Gasteiger partial charge in [-0.1, -0.05) is 6.42 Å². The maximum Gasteiger partial charge on any atom is 0.227 e. The van der Waals surface area contributed by atoms with E-state index in [0.717, 1.165) is 36.0 Å². The van der Waals surface area contributed by atoms with Gasteiger partial charge in [0.05, 0.1) is 17.3 Å². The number of fused-ring (bicyclic) bond motifs is 1. The van der Waals surface area contributed by atoms with Gasteiger partial charge in [-0.2, -0.15) is 0 Å². The Kier molecular flexibility index (Phi) is 3.82. The lowest BCUT2D eigenvalue weighted by Crippen LogP contribution is -2.29. The first-order chi connectivity index (χ1) is 11.7. The minimum absolute atomic E-state index is 0.0196. The highest BCUT2D eigenvalue weighted by Gasteiger charge is 2.31. The summed E-state index contributed by atoms with van der Waals surface area (Å²) in [6.45, 7) is 0.574. The van der Waals surface area contributed by atoms with E-state index in [1.54, 1.807) is 6.26 Å². The van der Waals surface area contributed by atoms with E-state index in [1.807, 2.05) is 30.3 Å². The molecule has 124 valence electrons. The van der Waals surface area contributed by atoms with Crippen molar-refractivity contribution in [2.75, 3.05) is 11.9 Å². The molecule has 0 spiro atoms. The highest BCUT2D eigenvalue weighted by molar-refractivity contribution is 5.95.